The zero-order valence-corrected chi connectivity index (χ0v) is 15.0. The standard InChI is InChI=1S/C24H26O2/c25-23(17-11-19-7-3-1-4-8-19)21-13-15-22(16-14-21)24(26)18-12-20-9-5-2-6-10-20/h1-10,13-16,23-26H,11-12,17-18H2. The Labute approximate surface area is 155 Å². The Balaban J connectivity index is 1.52. The molecule has 0 aliphatic carbocycles. The molecule has 0 aliphatic heterocycles. The fraction of sp³-hybridized carbons (Fsp3) is 0.250. The maximum atomic E-state index is 10.4. The molecule has 3 aromatic carbocycles. The lowest BCUT2D eigenvalue weighted by atomic mass is 9.97. The molecule has 0 amide bonds. The van der Waals surface area contributed by atoms with E-state index in [1.54, 1.807) is 0 Å². The first-order chi connectivity index (χ1) is 12.7. The number of rotatable bonds is 8. The molecule has 3 aromatic rings. The maximum Gasteiger partial charge on any atom is 0.0793 e. The van der Waals surface area contributed by atoms with Crippen molar-refractivity contribution in [2.24, 2.45) is 0 Å². The van der Waals surface area contributed by atoms with E-state index >= 15 is 0 Å². The van der Waals surface area contributed by atoms with Crippen molar-refractivity contribution in [2.45, 2.75) is 37.9 Å². The van der Waals surface area contributed by atoms with Crippen molar-refractivity contribution >= 4 is 0 Å². The van der Waals surface area contributed by atoms with Crippen LogP contribution in [0.5, 0.6) is 0 Å². The number of aliphatic hydroxyl groups excluding tert-OH is 2. The van der Waals surface area contributed by atoms with Crippen LogP contribution in [0.1, 0.15) is 47.3 Å². The van der Waals surface area contributed by atoms with Gasteiger partial charge in [-0.05, 0) is 47.9 Å². The normalized spacial score (nSPS) is 13.3. The second-order valence-corrected chi connectivity index (χ2v) is 6.75. The molecular formula is C24H26O2. The summed E-state index contributed by atoms with van der Waals surface area (Å²) in [5.41, 5.74) is 4.28. The van der Waals surface area contributed by atoms with Gasteiger partial charge in [0.25, 0.3) is 0 Å². The molecular weight excluding hydrogens is 320 g/mol. The van der Waals surface area contributed by atoms with Crippen molar-refractivity contribution in [1.29, 1.82) is 0 Å². The van der Waals surface area contributed by atoms with Gasteiger partial charge >= 0.3 is 0 Å². The largest absolute Gasteiger partial charge is 0.388 e. The summed E-state index contributed by atoms with van der Waals surface area (Å²) in [5.74, 6) is 0. The predicted molar refractivity (Wildman–Crippen MR) is 106 cm³/mol. The third kappa shape index (κ3) is 5.29. The van der Waals surface area contributed by atoms with E-state index in [1.807, 2.05) is 60.7 Å². The number of hydrogen-bond donors (Lipinski definition) is 2. The van der Waals surface area contributed by atoms with Crippen LogP contribution in [-0.2, 0) is 12.8 Å². The average molecular weight is 346 g/mol. The minimum Gasteiger partial charge on any atom is -0.388 e. The van der Waals surface area contributed by atoms with Crippen LogP contribution in [0, 0.1) is 0 Å². The summed E-state index contributed by atoms with van der Waals surface area (Å²) in [4.78, 5) is 0. The first-order valence-electron chi connectivity index (χ1n) is 9.26. The SMILES string of the molecule is OC(CCc1ccccc1)c1ccc(C(O)CCc2ccccc2)cc1. The quantitative estimate of drug-likeness (QED) is 0.601. The third-order valence-electron chi connectivity index (χ3n) is 4.80. The van der Waals surface area contributed by atoms with E-state index in [0.29, 0.717) is 12.8 Å². The van der Waals surface area contributed by atoms with Gasteiger partial charge in [0.15, 0.2) is 0 Å². The monoisotopic (exact) mass is 346 g/mol. The Morgan fingerprint density at radius 2 is 0.846 bits per heavy atom. The van der Waals surface area contributed by atoms with E-state index in [2.05, 4.69) is 24.3 Å². The van der Waals surface area contributed by atoms with Gasteiger partial charge in [-0.1, -0.05) is 84.9 Å². The molecule has 0 fully saturated rings. The first-order valence-corrected chi connectivity index (χ1v) is 9.26. The fourth-order valence-electron chi connectivity index (χ4n) is 3.17. The van der Waals surface area contributed by atoms with Crippen molar-refractivity contribution in [1.82, 2.24) is 0 Å². The van der Waals surface area contributed by atoms with Gasteiger partial charge in [0.1, 0.15) is 0 Å². The van der Waals surface area contributed by atoms with Crippen LogP contribution in [0.4, 0.5) is 0 Å². The third-order valence-corrected chi connectivity index (χ3v) is 4.80. The summed E-state index contributed by atoms with van der Waals surface area (Å²) in [7, 11) is 0. The van der Waals surface area contributed by atoms with Gasteiger partial charge in [-0.25, -0.2) is 0 Å². The molecule has 2 heteroatoms. The highest BCUT2D eigenvalue weighted by Gasteiger charge is 2.11. The summed E-state index contributed by atoms with van der Waals surface area (Å²) in [5, 5.41) is 20.8. The molecule has 0 saturated heterocycles. The molecule has 2 unspecified atom stereocenters. The molecule has 134 valence electrons. The Morgan fingerprint density at radius 1 is 0.500 bits per heavy atom. The molecule has 0 saturated carbocycles. The van der Waals surface area contributed by atoms with E-state index < -0.39 is 12.2 Å². The predicted octanol–water partition coefficient (Wildman–Crippen LogP) is 5.02. The first kappa shape index (κ1) is 18.4. The van der Waals surface area contributed by atoms with Crippen LogP contribution in [0.25, 0.3) is 0 Å². The second kappa shape index (κ2) is 9.33. The second-order valence-electron chi connectivity index (χ2n) is 6.75. The highest BCUT2D eigenvalue weighted by Crippen LogP contribution is 2.24. The van der Waals surface area contributed by atoms with E-state index in [1.165, 1.54) is 11.1 Å². The van der Waals surface area contributed by atoms with Gasteiger partial charge in [-0.15, -0.1) is 0 Å². The summed E-state index contributed by atoms with van der Waals surface area (Å²) >= 11 is 0. The molecule has 0 radical (unpaired) electrons. The van der Waals surface area contributed by atoms with Gasteiger partial charge in [0.05, 0.1) is 12.2 Å². The number of hydrogen-bond acceptors (Lipinski definition) is 2. The van der Waals surface area contributed by atoms with Gasteiger partial charge in [-0.2, -0.15) is 0 Å². The number of aryl methyl sites for hydroxylation is 2. The molecule has 2 atom stereocenters. The Hall–Kier alpha value is -2.42. The van der Waals surface area contributed by atoms with Crippen molar-refractivity contribution in [2.75, 3.05) is 0 Å². The molecule has 2 N–H and O–H groups in total. The van der Waals surface area contributed by atoms with E-state index in [0.717, 1.165) is 24.0 Å². The van der Waals surface area contributed by atoms with Gasteiger partial charge in [0.2, 0.25) is 0 Å². The van der Waals surface area contributed by atoms with Crippen molar-refractivity contribution in [3.8, 4) is 0 Å². The van der Waals surface area contributed by atoms with Gasteiger partial charge in [-0.3, -0.25) is 0 Å². The van der Waals surface area contributed by atoms with E-state index in [-0.39, 0.29) is 0 Å². The number of aliphatic hydroxyl groups is 2. The van der Waals surface area contributed by atoms with Crippen LogP contribution in [0.2, 0.25) is 0 Å². The van der Waals surface area contributed by atoms with E-state index in [9.17, 15) is 10.2 Å². The minimum absolute atomic E-state index is 0.481. The van der Waals surface area contributed by atoms with Crippen LogP contribution in [0.3, 0.4) is 0 Å². The topological polar surface area (TPSA) is 40.5 Å². The fourth-order valence-corrected chi connectivity index (χ4v) is 3.17. The molecule has 0 bridgehead atoms. The summed E-state index contributed by atoms with van der Waals surface area (Å²) in [6.07, 6.45) is 2.13. The van der Waals surface area contributed by atoms with Crippen LogP contribution < -0.4 is 0 Å². The maximum absolute atomic E-state index is 10.4. The molecule has 0 aliphatic rings. The lowest BCUT2D eigenvalue weighted by Gasteiger charge is -2.14. The Kier molecular flexibility index (Phi) is 6.59. The summed E-state index contributed by atoms with van der Waals surface area (Å²) in [6.45, 7) is 0. The zero-order chi connectivity index (χ0) is 18.2. The van der Waals surface area contributed by atoms with Crippen LogP contribution >= 0.6 is 0 Å². The molecule has 0 heterocycles. The van der Waals surface area contributed by atoms with E-state index in [4.69, 9.17) is 0 Å². The summed E-state index contributed by atoms with van der Waals surface area (Å²) in [6, 6.07) is 28.1. The van der Waals surface area contributed by atoms with Crippen LogP contribution in [-0.4, -0.2) is 10.2 Å². The molecule has 2 nitrogen and oxygen atoms in total. The van der Waals surface area contributed by atoms with Crippen molar-refractivity contribution < 1.29 is 10.2 Å². The summed E-state index contributed by atoms with van der Waals surface area (Å²) < 4.78 is 0. The lowest BCUT2D eigenvalue weighted by molar-refractivity contribution is 0.164. The molecule has 0 aromatic heterocycles. The minimum atomic E-state index is -0.481. The van der Waals surface area contributed by atoms with Crippen molar-refractivity contribution in [3.63, 3.8) is 0 Å². The average Bonchev–Trinajstić information content (AvgIpc) is 2.72. The van der Waals surface area contributed by atoms with Gasteiger partial charge < -0.3 is 10.2 Å². The molecule has 26 heavy (non-hydrogen) atoms. The van der Waals surface area contributed by atoms with Crippen LogP contribution in [0.15, 0.2) is 84.9 Å². The highest BCUT2D eigenvalue weighted by atomic mass is 16.3. The molecule has 0 spiro atoms. The lowest BCUT2D eigenvalue weighted by Crippen LogP contribution is -2.02. The van der Waals surface area contributed by atoms with Gasteiger partial charge in [0, 0.05) is 0 Å². The zero-order valence-electron chi connectivity index (χ0n) is 15.0. The Bertz CT molecular complexity index is 698. The molecule has 3 rings (SSSR count). The number of benzene rings is 3. The Morgan fingerprint density at radius 3 is 1.19 bits per heavy atom. The highest BCUT2D eigenvalue weighted by molar-refractivity contribution is 5.26. The van der Waals surface area contributed by atoms with Crippen molar-refractivity contribution in [3.05, 3.63) is 107 Å². The smallest absolute Gasteiger partial charge is 0.0793 e.